The van der Waals surface area contributed by atoms with Gasteiger partial charge < -0.3 is 1.43 Å². The van der Waals surface area contributed by atoms with Crippen molar-refractivity contribution < 1.29 is 45.4 Å². The fraction of sp³-hybridized carbons (Fsp3) is 0.727. The number of rotatable bonds is 4. The Labute approximate surface area is 166 Å². The summed E-state index contributed by atoms with van der Waals surface area (Å²) in [6.45, 7) is 5.67. The van der Waals surface area contributed by atoms with Crippen LogP contribution in [0.5, 0.6) is 0 Å². The monoisotopic (exact) mass is 349 g/mol. The smallest absolute Gasteiger partial charge is 1.00 e. The SMILES string of the molecule is CCCC(C)C1(CC)C(=O)NC(=O)NC1=O.Cl.Cl.[Al].[H-].[Na+]. The van der Waals surface area contributed by atoms with Crippen LogP contribution in [-0.2, 0) is 9.59 Å². The van der Waals surface area contributed by atoms with Crippen molar-refractivity contribution in [3.8, 4) is 0 Å². The van der Waals surface area contributed by atoms with Crippen molar-refractivity contribution in [1.29, 1.82) is 0 Å². The zero-order valence-electron chi connectivity index (χ0n) is 13.3. The third kappa shape index (κ3) is 5.49. The van der Waals surface area contributed by atoms with E-state index in [1.807, 2.05) is 13.8 Å². The molecule has 0 aromatic rings. The molecular weight excluding hydrogens is 329 g/mol. The Morgan fingerprint density at radius 2 is 1.50 bits per heavy atom. The van der Waals surface area contributed by atoms with Gasteiger partial charge in [0, 0.05) is 17.4 Å². The number of hydrogen-bond acceptors (Lipinski definition) is 3. The van der Waals surface area contributed by atoms with Crippen LogP contribution in [0.2, 0.25) is 0 Å². The second-order valence-corrected chi connectivity index (χ2v) is 4.25. The van der Waals surface area contributed by atoms with Gasteiger partial charge in [-0.3, -0.25) is 20.2 Å². The first kappa shape index (κ1) is 28.8. The van der Waals surface area contributed by atoms with Crippen molar-refractivity contribution in [1.82, 2.24) is 10.6 Å². The van der Waals surface area contributed by atoms with E-state index in [0.717, 1.165) is 12.8 Å². The van der Waals surface area contributed by atoms with Gasteiger partial charge in [-0.25, -0.2) is 4.79 Å². The molecule has 4 amide bonds. The Morgan fingerprint density at radius 3 is 1.80 bits per heavy atom. The van der Waals surface area contributed by atoms with Gasteiger partial charge in [-0.1, -0.05) is 27.2 Å². The summed E-state index contributed by atoms with van der Waals surface area (Å²) < 4.78 is 0. The van der Waals surface area contributed by atoms with Gasteiger partial charge in [0.15, 0.2) is 0 Å². The van der Waals surface area contributed by atoms with Crippen LogP contribution < -0.4 is 40.2 Å². The molecule has 20 heavy (non-hydrogen) atoms. The Hall–Kier alpha value is 0.722. The second kappa shape index (κ2) is 12.3. The number of hydrogen-bond donors (Lipinski definition) is 2. The fourth-order valence-corrected chi connectivity index (χ4v) is 2.36. The molecular formula is C11H21AlCl2N2NaO3. The summed E-state index contributed by atoms with van der Waals surface area (Å²) in [5, 5.41) is 4.36. The molecule has 1 atom stereocenters. The van der Waals surface area contributed by atoms with Crippen LogP contribution in [0.1, 0.15) is 41.5 Å². The third-order valence-electron chi connectivity index (χ3n) is 3.39. The topological polar surface area (TPSA) is 75.3 Å². The first-order valence-electron chi connectivity index (χ1n) is 5.65. The predicted molar refractivity (Wildman–Crippen MR) is 79.8 cm³/mol. The number of barbiturate groups is 1. The summed E-state index contributed by atoms with van der Waals surface area (Å²) in [6, 6.07) is -0.720. The van der Waals surface area contributed by atoms with Crippen molar-refractivity contribution in [2.75, 3.05) is 0 Å². The van der Waals surface area contributed by atoms with E-state index in [4.69, 9.17) is 0 Å². The normalized spacial score (nSPS) is 17.1. The molecule has 1 fully saturated rings. The van der Waals surface area contributed by atoms with E-state index in [-0.39, 0.29) is 79.1 Å². The molecule has 1 aliphatic heterocycles. The van der Waals surface area contributed by atoms with Crippen LogP contribution in [0.15, 0.2) is 0 Å². The van der Waals surface area contributed by atoms with Gasteiger partial charge >= 0.3 is 35.6 Å². The minimum atomic E-state index is -1.09. The van der Waals surface area contributed by atoms with E-state index in [1.54, 1.807) is 6.92 Å². The van der Waals surface area contributed by atoms with E-state index < -0.39 is 23.3 Å². The molecule has 111 valence electrons. The van der Waals surface area contributed by atoms with Crippen molar-refractivity contribution >= 4 is 60.0 Å². The summed E-state index contributed by atoms with van der Waals surface area (Å²) in [5.41, 5.74) is -1.09. The number of imide groups is 2. The first-order valence-corrected chi connectivity index (χ1v) is 5.65. The molecule has 1 unspecified atom stereocenters. The van der Waals surface area contributed by atoms with Crippen LogP contribution in [-0.4, -0.2) is 35.2 Å². The number of carbonyl (C=O) groups is 3. The third-order valence-corrected chi connectivity index (χ3v) is 3.39. The van der Waals surface area contributed by atoms with Gasteiger partial charge in [-0.05, 0) is 18.8 Å². The molecule has 0 saturated carbocycles. The van der Waals surface area contributed by atoms with Crippen molar-refractivity contribution in [3.05, 3.63) is 0 Å². The average Bonchev–Trinajstić information content (AvgIpc) is 2.18. The maximum absolute atomic E-state index is 11.9. The molecule has 9 heteroatoms. The quantitative estimate of drug-likeness (QED) is 0.492. The molecule has 1 heterocycles. The van der Waals surface area contributed by atoms with Crippen molar-refractivity contribution in [2.24, 2.45) is 11.3 Å². The molecule has 0 bridgehead atoms. The zero-order valence-corrected chi connectivity index (χ0v) is 17.1. The Bertz CT molecular complexity index is 331. The van der Waals surface area contributed by atoms with Gasteiger partial charge in [0.05, 0.1) is 0 Å². The van der Waals surface area contributed by atoms with E-state index in [1.165, 1.54) is 0 Å². The number of urea groups is 1. The maximum atomic E-state index is 11.9. The molecule has 2 N–H and O–H groups in total. The van der Waals surface area contributed by atoms with Crippen LogP contribution in [0, 0.1) is 11.3 Å². The maximum Gasteiger partial charge on any atom is 1.00 e. The molecule has 0 aromatic carbocycles. The summed E-state index contributed by atoms with van der Waals surface area (Å²) in [7, 11) is 0. The molecule has 0 aliphatic carbocycles. The van der Waals surface area contributed by atoms with Gasteiger partial charge in [0.2, 0.25) is 11.8 Å². The van der Waals surface area contributed by atoms with Gasteiger partial charge in [0.25, 0.3) is 0 Å². The largest absolute Gasteiger partial charge is 1.00 e. The van der Waals surface area contributed by atoms with Crippen LogP contribution >= 0.6 is 24.8 Å². The van der Waals surface area contributed by atoms with Crippen molar-refractivity contribution in [3.63, 3.8) is 0 Å². The summed E-state index contributed by atoms with van der Waals surface area (Å²) in [5.74, 6) is -1.01. The van der Waals surface area contributed by atoms with Crippen LogP contribution in [0.3, 0.4) is 0 Å². The minimum absolute atomic E-state index is 0. The summed E-state index contributed by atoms with van der Waals surface area (Å²) in [4.78, 5) is 34.8. The molecule has 1 rings (SSSR count). The Balaban J connectivity index is -0.000000171. The predicted octanol–water partition coefficient (Wildman–Crippen LogP) is -1.24. The van der Waals surface area contributed by atoms with Gasteiger partial charge in [-0.2, -0.15) is 0 Å². The number of nitrogens with one attached hydrogen (secondary N) is 2. The van der Waals surface area contributed by atoms with Crippen molar-refractivity contribution in [2.45, 2.75) is 40.0 Å². The van der Waals surface area contributed by atoms with E-state index >= 15 is 0 Å². The zero-order chi connectivity index (χ0) is 12.3. The Morgan fingerprint density at radius 1 is 1.10 bits per heavy atom. The minimum Gasteiger partial charge on any atom is -1.00 e. The number of carbonyl (C=O) groups excluding carboxylic acids is 3. The molecule has 3 radical (unpaired) electrons. The molecule has 5 nitrogen and oxygen atoms in total. The van der Waals surface area contributed by atoms with Gasteiger partial charge in [-0.15, -0.1) is 24.8 Å². The average molecular weight is 350 g/mol. The molecule has 1 aliphatic rings. The summed E-state index contributed by atoms with van der Waals surface area (Å²) >= 11 is 0. The molecule has 1 saturated heterocycles. The van der Waals surface area contributed by atoms with Gasteiger partial charge in [0.1, 0.15) is 5.41 Å². The van der Waals surface area contributed by atoms with Crippen LogP contribution in [0.25, 0.3) is 0 Å². The fourth-order valence-electron chi connectivity index (χ4n) is 2.36. The molecule has 0 aromatic heterocycles. The van der Waals surface area contributed by atoms with Crippen LogP contribution in [0.4, 0.5) is 4.79 Å². The first-order chi connectivity index (χ1) is 7.48. The number of halogens is 2. The molecule has 0 spiro atoms. The Kier molecular flexibility index (Phi) is 17.7. The van der Waals surface area contributed by atoms with E-state index in [0.29, 0.717) is 6.42 Å². The summed E-state index contributed by atoms with van der Waals surface area (Å²) in [6.07, 6.45) is 2.08. The second-order valence-electron chi connectivity index (χ2n) is 4.25. The van der Waals surface area contributed by atoms with E-state index in [9.17, 15) is 14.4 Å². The standard InChI is InChI=1S/C11H18N2O3.Al.2ClH.Na.H/c1-4-6-7(3)11(5-2)8(14)12-10(16)13-9(11)15;;;;;/h7H,4-6H2,1-3H3,(H2,12,13,14,15,16);;2*1H;;/q;;;;+1;-1. The number of amides is 4. The van der Waals surface area contributed by atoms with E-state index in [2.05, 4.69) is 10.6 Å².